The van der Waals surface area contributed by atoms with Gasteiger partial charge in [-0.25, -0.2) is 14.3 Å². The van der Waals surface area contributed by atoms with Crippen molar-refractivity contribution in [3.8, 4) is 0 Å². The van der Waals surface area contributed by atoms with Crippen molar-refractivity contribution in [3.05, 3.63) is 24.7 Å². The first-order valence-electron chi connectivity index (χ1n) is 3.97. The van der Waals surface area contributed by atoms with Crippen molar-refractivity contribution in [2.45, 2.75) is 0 Å². The van der Waals surface area contributed by atoms with Gasteiger partial charge in [-0.3, -0.25) is 9.13 Å². The molecule has 2 atom stereocenters. The number of hydrogen-bond donors (Lipinski definition) is 3. The normalized spacial score (nSPS) is 13.1. The summed E-state index contributed by atoms with van der Waals surface area (Å²) < 4.78 is 22.3. The van der Waals surface area contributed by atoms with Gasteiger partial charge in [0.05, 0.1) is 11.8 Å². The van der Waals surface area contributed by atoms with Crippen molar-refractivity contribution in [2.24, 2.45) is 0 Å². The molecule has 0 aliphatic rings. The monoisotopic (exact) mass is 307 g/mol. The molecule has 0 radical (unpaired) electrons. The fourth-order valence-electron chi connectivity index (χ4n) is 0.850. The van der Waals surface area contributed by atoms with Crippen LogP contribution in [0.2, 0.25) is 0 Å². The molecule has 0 fully saturated rings. The van der Waals surface area contributed by atoms with Crippen LogP contribution < -0.4 is 0 Å². The Kier molecular flexibility index (Phi) is 9.31. The van der Waals surface area contributed by atoms with Gasteiger partial charge in [0.1, 0.15) is 0 Å². The maximum absolute atomic E-state index is 9.44. The third-order valence-electron chi connectivity index (χ3n) is 1.37. The number of fused-ring (bicyclic) bond motifs is 1. The average Bonchev–Trinajstić information content (AvgIpc) is 2.63. The first kappa shape index (κ1) is 17.2. The number of nitrogens with one attached hydrogen (secondary N) is 1. The number of nitrogens with zero attached hydrogens (tertiary/aromatic N) is 2. The molecule has 0 amide bonds. The zero-order valence-electron chi connectivity index (χ0n) is 7.82. The van der Waals surface area contributed by atoms with Crippen molar-refractivity contribution >= 4 is 65.4 Å². The molecule has 2 heterocycles. The van der Waals surface area contributed by atoms with Crippen LogP contribution in [0.4, 0.5) is 0 Å². The molecule has 17 heavy (non-hydrogen) atoms. The van der Waals surface area contributed by atoms with Crippen LogP contribution in [0.25, 0.3) is 11.2 Å². The molecule has 0 aliphatic heterocycles. The van der Waals surface area contributed by atoms with E-state index in [1.165, 1.54) is 0 Å². The smallest absolute Gasteiger partial charge is 0.177 e. The number of aromatic amines is 1. The van der Waals surface area contributed by atoms with E-state index in [4.69, 9.17) is 9.79 Å². The van der Waals surface area contributed by atoms with Crippen LogP contribution in [-0.4, -0.2) is 62.5 Å². The van der Waals surface area contributed by atoms with Crippen molar-refractivity contribution in [1.29, 1.82) is 0 Å². The largest absolute Gasteiger partial charge is 0.343 e. The summed E-state index contributed by atoms with van der Waals surface area (Å²) in [6, 6.07) is 3.82. The standard InChI is InChI=1S/C6H5N3.Ca.H4O5P2.2H/c1-2-5-6(7-3-1)9-4-8-5;;1-6(2)5-7(3)4;;/h1-4H,(H,7,8,9);;6-7H,(H,1,2)(H,3,4);;. The van der Waals surface area contributed by atoms with Gasteiger partial charge in [-0.05, 0) is 12.1 Å². The Labute approximate surface area is 127 Å². The third kappa shape index (κ3) is 7.28. The van der Waals surface area contributed by atoms with Crippen LogP contribution in [-0.2, 0) is 13.4 Å². The van der Waals surface area contributed by atoms with Crippen LogP contribution in [0, 0.1) is 0 Å². The Morgan fingerprint density at radius 3 is 2.35 bits per heavy atom. The zero-order chi connectivity index (χ0) is 12.0. The van der Waals surface area contributed by atoms with Crippen molar-refractivity contribution in [2.75, 3.05) is 0 Å². The van der Waals surface area contributed by atoms with E-state index in [0.29, 0.717) is 0 Å². The molecule has 2 aromatic rings. The Bertz CT molecular complexity index is 465. The summed E-state index contributed by atoms with van der Waals surface area (Å²) in [5.74, 6) is 0. The average molecular weight is 307 g/mol. The van der Waals surface area contributed by atoms with Gasteiger partial charge >= 0.3 is 54.2 Å². The van der Waals surface area contributed by atoms with Crippen molar-refractivity contribution < 1.29 is 23.2 Å². The number of hydrogen-bond acceptors (Lipinski definition) is 5. The van der Waals surface area contributed by atoms with Gasteiger partial charge in [0.15, 0.2) is 5.65 Å². The first-order chi connectivity index (χ1) is 7.59. The fraction of sp³-hybridized carbons (Fsp3) is 0. The van der Waals surface area contributed by atoms with E-state index in [-0.39, 0.29) is 37.7 Å². The van der Waals surface area contributed by atoms with Gasteiger partial charge in [-0.2, -0.15) is 0 Å². The maximum Gasteiger partial charge on any atom is 0.177 e. The summed E-state index contributed by atoms with van der Waals surface area (Å²) in [6.07, 6.45) is 3.36. The molecular formula is C6H11CaN3O5P2. The molecule has 0 aliphatic carbocycles. The molecule has 3 N–H and O–H groups in total. The second kappa shape index (κ2) is 9.19. The van der Waals surface area contributed by atoms with E-state index < -0.39 is 16.5 Å². The van der Waals surface area contributed by atoms with Crippen LogP contribution in [0.3, 0.4) is 0 Å². The van der Waals surface area contributed by atoms with Gasteiger partial charge in [-0.1, -0.05) is 0 Å². The van der Waals surface area contributed by atoms with E-state index >= 15 is 0 Å². The number of rotatable bonds is 2. The molecule has 2 rings (SSSR count). The first-order valence-corrected chi connectivity index (χ1v) is 6.50. The Balaban J connectivity index is 0.000000296. The summed E-state index contributed by atoms with van der Waals surface area (Å²) in [7, 11) is -6.40. The third-order valence-corrected chi connectivity index (χ3v) is 2.77. The summed E-state index contributed by atoms with van der Waals surface area (Å²) in [5.41, 5.74) is 1.76. The number of imidazole rings is 1. The molecular weight excluding hydrogens is 296 g/mol. The van der Waals surface area contributed by atoms with Crippen LogP contribution in [0.5, 0.6) is 0 Å². The zero-order valence-corrected chi connectivity index (χ0v) is 9.82. The molecule has 0 bridgehead atoms. The molecule has 92 valence electrons. The Morgan fingerprint density at radius 1 is 1.24 bits per heavy atom. The second-order valence-electron chi connectivity index (χ2n) is 2.41. The van der Waals surface area contributed by atoms with E-state index in [0.717, 1.165) is 11.2 Å². The summed E-state index contributed by atoms with van der Waals surface area (Å²) in [5, 5.41) is 0. The Hall–Kier alpha value is 0.220. The van der Waals surface area contributed by atoms with Crippen molar-refractivity contribution in [3.63, 3.8) is 0 Å². The predicted octanol–water partition coefficient (Wildman–Crippen LogP) is -0.191. The van der Waals surface area contributed by atoms with E-state index in [1.54, 1.807) is 12.5 Å². The van der Waals surface area contributed by atoms with Gasteiger partial charge in [0.25, 0.3) is 0 Å². The van der Waals surface area contributed by atoms with Crippen LogP contribution in [0.15, 0.2) is 24.7 Å². The van der Waals surface area contributed by atoms with Gasteiger partial charge < -0.3 is 14.8 Å². The number of H-pyrrole nitrogens is 1. The maximum atomic E-state index is 9.44. The topological polar surface area (TPSA) is 125 Å². The fourth-order valence-corrected chi connectivity index (χ4v) is 1.45. The van der Waals surface area contributed by atoms with E-state index in [2.05, 4.69) is 19.3 Å². The number of pyridine rings is 1. The minimum Gasteiger partial charge on any atom is -0.343 e. The minimum absolute atomic E-state index is 0. The molecule has 0 saturated heterocycles. The molecule has 2 unspecified atom stereocenters. The summed E-state index contributed by atoms with van der Waals surface area (Å²) in [4.78, 5) is 26.3. The van der Waals surface area contributed by atoms with Crippen LogP contribution in [0.1, 0.15) is 0 Å². The summed E-state index contributed by atoms with van der Waals surface area (Å²) in [6.45, 7) is 0. The predicted molar refractivity (Wildman–Crippen MR) is 66.0 cm³/mol. The Morgan fingerprint density at radius 2 is 1.88 bits per heavy atom. The molecule has 2 aromatic heterocycles. The second-order valence-corrected chi connectivity index (χ2v) is 4.29. The molecule has 0 spiro atoms. The SMILES string of the molecule is O=[PH](O)O[PH](=O)O.[CaH2].c1cnc2nc[nH]c2c1. The molecule has 11 heteroatoms. The van der Waals surface area contributed by atoms with Gasteiger partial charge in [0.2, 0.25) is 0 Å². The van der Waals surface area contributed by atoms with Crippen molar-refractivity contribution in [1.82, 2.24) is 15.0 Å². The summed E-state index contributed by atoms with van der Waals surface area (Å²) >= 11 is 0. The van der Waals surface area contributed by atoms with Gasteiger partial charge in [-0.15, -0.1) is 0 Å². The molecule has 0 saturated carbocycles. The molecule has 8 nitrogen and oxygen atoms in total. The van der Waals surface area contributed by atoms with E-state index in [1.807, 2.05) is 12.1 Å². The van der Waals surface area contributed by atoms with Crippen LogP contribution >= 0.6 is 16.5 Å². The quantitative estimate of drug-likeness (QED) is 0.518. The van der Waals surface area contributed by atoms with Gasteiger partial charge in [0, 0.05) is 6.20 Å². The molecule has 0 aromatic carbocycles. The number of aromatic nitrogens is 3. The van der Waals surface area contributed by atoms with E-state index in [9.17, 15) is 9.13 Å². The minimum atomic E-state index is -3.20.